The molecule has 0 amide bonds. The molecule has 3 heterocycles. The first kappa shape index (κ1) is 14.1. The Hall–Kier alpha value is -2.51. The Labute approximate surface area is 140 Å². The van der Waals surface area contributed by atoms with Crippen LogP contribution in [0.5, 0.6) is 0 Å². The van der Waals surface area contributed by atoms with Crippen molar-refractivity contribution >= 4 is 28.0 Å². The van der Waals surface area contributed by atoms with Gasteiger partial charge in [-0.1, -0.05) is 36.4 Å². The van der Waals surface area contributed by atoms with Gasteiger partial charge >= 0.3 is 0 Å². The van der Waals surface area contributed by atoms with Crippen LogP contribution in [0.15, 0.2) is 58.5 Å². The zero-order valence-corrected chi connectivity index (χ0v) is 13.6. The van der Waals surface area contributed by atoms with E-state index in [1.54, 1.807) is 17.6 Å². The molecule has 7 heteroatoms. The quantitative estimate of drug-likeness (QED) is 0.578. The molecule has 0 fully saturated rings. The monoisotopic (exact) mass is 340 g/mol. The normalized spacial score (nSPS) is 10.8. The summed E-state index contributed by atoms with van der Waals surface area (Å²) >= 11 is 2.95. The van der Waals surface area contributed by atoms with Crippen LogP contribution in [0.1, 0.15) is 5.69 Å². The summed E-state index contributed by atoms with van der Waals surface area (Å²) in [7, 11) is 0. The summed E-state index contributed by atoms with van der Waals surface area (Å²) in [4.78, 5) is 9.99. The van der Waals surface area contributed by atoms with Crippen molar-refractivity contribution in [2.45, 2.75) is 6.54 Å². The number of hydrogen-bond donors (Lipinski definition) is 1. The molecular formula is C16H12N4OS2. The number of hydrogen-bond acceptors (Lipinski definition) is 7. The van der Waals surface area contributed by atoms with Crippen molar-refractivity contribution in [3.63, 3.8) is 0 Å². The van der Waals surface area contributed by atoms with E-state index in [1.807, 2.05) is 47.8 Å². The number of rotatable bonds is 5. The summed E-state index contributed by atoms with van der Waals surface area (Å²) in [5.41, 5.74) is 1.85. The molecule has 5 nitrogen and oxygen atoms in total. The van der Waals surface area contributed by atoms with Crippen LogP contribution in [0.4, 0.5) is 5.13 Å². The van der Waals surface area contributed by atoms with E-state index in [1.165, 1.54) is 11.5 Å². The van der Waals surface area contributed by atoms with Crippen LogP contribution in [-0.4, -0.2) is 14.3 Å². The van der Waals surface area contributed by atoms with E-state index in [-0.39, 0.29) is 0 Å². The highest BCUT2D eigenvalue weighted by Crippen LogP contribution is 2.24. The fourth-order valence-corrected chi connectivity index (χ4v) is 3.31. The first-order valence-corrected chi connectivity index (χ1v) is 8.65. The number of thiophene rings is 1. The molecule has 0 saturated carbocycles. The van der Waals surface area contributed by atoms with Gasteiger partial charge in [-0.3, -0.25) is 0 Å². The van der Waals surface area contributed by atoms with Crippen molar-refractivity contribution in [1.29, 1.82) is 0 Å². The molecule has 0 radical (unpaired) electrons. The highest BCUT2D eigenvalue weighted by Gasteiger charge is 2.09. The third kappa shape index (κ3) is 3.15. The summed E-state index contributed by atoms with van der Waals surface area (Å²) in [5.74, 6) is 1.39. The molecule has 4 rings (SSSR count). The van der Waals surface area contributed by atoms with Crippen molar-refractivity contribution in [2.75, 3.05) is 5.32 Å². The topological polar surface area (TPSA) is 63.8 Å². The first-order valence-electron chi connectivity index (χ1n) is 7.00. The van der Waals surface area contributed by atoms with Gasteiger partial charge in [0.1, 0.15) is 6.26 Å². The van der Waals surface area contributed by atoms with Gasteiger partial charge in [-0.25, -0.2) is 4.98 Å². The lowest BCUT2D eigenvalue weighted by molar-refractivity contribution is 0.574. The molecule has 3 aromatic heterocycles. The molecule has 0 spiro atoms. The Morgan fingerprint density at radius 1 is 1.04 bits per heavy atom. The summed E-state index contributed by atoms with van der Waals surface area (Å²) in [6.45, 7) is 0.554. The second-order valence-electron chi connectivity index (χ2n) is 4.76. The third-order valence-electron chi connectivity index (χ3n) is 3.16. The minimum atomic E-state index is 0.554. The summed E-state index contributed by atoms with van der Waals surface area (Å²) in [5, 5.41) is 6.01. The largest absolute Gasteiger partial charge is 0.443 e. The van der Waals surface area contributed by atoms with Gasteiger partial charge in [-0.2, -0.15) is 9.36 Å². The van der Waals surface area contributed by atoms with Gasteiger partial charge in [-0.15, -0.1) is 11.3 Å². The first-order chi connectivity index (χ1) is 11.4. The van der Waals surface area contributed by atoms with E-state index in [0.29, 0.717) is 12.4 Å². The van der Waals surface area contributed by atoms with Gasteiger partial charge in [0.25, 0.3) is 0 Å². The molecule has 0 aliphatic carbocycles. The zero-order valence-electron chi connectivity index (χ0n) is 12.0. The molecule has 0 bridgehead atoms. The van der Waals surface area contributed by atoms with E-state index in [9.17, 15) is 0 Å². The predicted octanol–water partition coefficient (Wildman–Crippen LogP) is 4.53. The Bertz CT molecular complexity index is 884. The predicted molar refractivity (Wildman–Crippen MR) is 92.5 cm³/mol. The summed E-state index contributed by atoms with van der Waals surface area (Å²) < 4.78 is 9.87. The average Bonchev–Trinajstić information content (AvgIpc) is 3.33. The van der Waals surface area contributed by atoms with Crippen LogP contribution in [0, 0.1) is 0 Å². The lowest BCUT2D eigenvalue weighted by Crippen LogP contribution is -1.99. The van der Waals surface area contributed by atoms with Crippen molar-refractivity contribution in [3.8, 4) is 22.2 Å². The second kappa shape index (κ2) is 6.31. The Balaban J connectivity index is 1.43. The molecule has 4 aromatic rings. The number of benzene rings is 1. The fraction of sp³-hybridized carbons (Fsp3) is 0.0625. The van der Waals surface area contributed by atoms with Gasteiger partial charge in [0, 0.05) is 17.1 Å². The van der Waals surface area contributed by atoms with E-state index in [4.69, 9.17) is 4.42 Å². The minimum Gasteiger partial charge on any atom is -0.443 e. The number of anilines is 1. The van der Waals surface area contributed by atoms with E-state index >= 15 is 0 Å². The van der Waals surface area contributed by atoms with Gasteiger partial charge < -0.3 is 9.73 Å². The maximum absolute atomic E-state index is 5.50. The van der Waals surface area contributed by atoms with Crippen molar-refractivity contribution in [2.24, 2.45) is 0 Å². The average molecular weight is 340 g/mol. The molecule has 23 heavy (non-hydrogen) atoms. The SMILES string of the molecule is c1ccc(-c2nsc(NCc3coc(-c4cccs4)n3)n2)cc1. The number of oxazole rings is 1. The van der Waals surface area contributed by atoms with Crippen molar-refractivity contribution in [3.05, 3.63) is 59.8 Å². The molecule has 1 N–H and O–H groups in total. The molecule has 0 unspecified atom stereocenters. The number of nitrogens with zero attached hydrogens (tertiary/aromatic N) is 3. The molecule has 0 aliphatic rings. The maximum Gasteiger partial charge on any atom is 0.236 e. The van der Waals surface area contributed by atoms with Gasteiger partial charge in [0.05, 0.1) is 17.1 Å². The van der Waals surface area contributed by atoms with Crippen LogP contribution in [0.2, 0.25) is 0 Å². The van der Waals surface area contributed by atoms with Crippen molar-refractivity contribution < 1.29 is 4.42 Å². The number of nitrogens with one attached hydrogen (secondary N) is 1. The second-order valence-corrected chi connectivity index (χ2v) is 6.46. The van der Waals surface area contributed by atoms with Crippen LogP contribution in [0.25, 0.3) is 22.2 Å². The molecular weight excluding hydrogens is 328 g/mol. The van der Waals surface area contributed by atoms with E-state index < -0.39 is 0 Å². The molecule has 114 valence electrons. The molecule has 0 aliphatic heterocycles. The Morgan fingerprint density at radius 2 is 1.96 bits per heavy atom. The fourth-order valence-electron chi connectivity index (χ4n) is 2.07. The molecule has 0 saturated heterocycles. The highest BCUT2D eigenvalue weighted by molar-refractivity contribution is 7.13. The minimum absolute atomic E-state index is 0.554. The highest BCUT2D eigenvalue weighted by atomic mass is 32.1. The zero-order chi connectivity index (χ0) is 15.5. The van der Waals surface area contributed by atoms with E-state index in [2.05, 4.69) is 19.7 Å². The molecule has 0 atom stereocenters. The van der Waals surface area contributed by atoms with Crippen LogP contribution < -0.4 is 5.32 Å². The van der Waals surface area contributed by atoms with Gasteiger partial charge in [0.15, 0.2) is 5.82 Å². The third-order valence-corrected chi connectivity index (χ3v) is 4.69. The van der Waals surface area contributed by atoms with Gasteiger partial charge in [-0.05, 0) is 11.4 Å². The lowest BCUT2D eigenvalue weighted by Gasteiger charge is -1.97. The lowest BCUT2D eigenvalue weighted by atomic mass is 10.2. The Morgan fingerprint density at radius 3 is 2.78 bits per heavy atom. The van der Waals surface area contributed by atoms with Gasteiger partial charge in [0.2, 0.25) is 11.0 Å². The number of aromatic nitrogens is 3. The van der Waals surface area contributed by atoms with E-state index in [0.717, 1.165) is 27.1 Å². The van der Waals surface area contributed by atoms with Crippen LogP contribution in [-0.2, 0) is 6.54 Å². The Kier molecular flexibility index (Phi) is 3.87. The maximum atomic E-state index is 5.50. The smallest absolute Gasteiger partial charge is 0.236 e. The summed E-state index contributed by atoms with van der Waals surface area (Å²) in [6, 6.07) is 13.9. The van der Waals surface area contributed by atoms with Crippen LogP contribution >= 0.6 is 22.9 Å². The van der Waals surface area contributed by atoms with Crippen LogP contribution in [0.3, 0.4) is 0 Å². The summed E-state index contributed by atoms with van der Waals surface area (Å²) in [6.07, 6.45) is 1.67. The standard InChI is InChI=1S/C16H12N4OS2/c1-2-5-11(6-3-1)14-19-16(23-20-14)17-9-12-10-21-15(18-12)13-7-4-8-22-13/h1-8,10H,9H2,(H,17,19,20). The van der Waals surface area contributed by atoms with Crippen molar-refractivity contribution in [1.82, 2.24) is 14.3 Å². The molecule has 1 aromatic carbocycles.